The molecule has 0 unspecified atom stereocenters. The van der Waals surface area contributed by atoms with Gasteiger partial charge in [0.25, 0.3) is 0 Å². The van der Waals surface area contributed by atoms with Crippen molar-refractivity contribution in [1.29, 1.82) is 0 Å². The summed E-state index contributed by atoms with van der Waals surface area (Å²) in [5.74, 6) is 0.334. The predicted octanol–water partition coefficient (Wildman–Crippen LogP) is 6.23. The molecule has 2 heteroatoms. The summed E-state index contributed by atoms with van der Waals surface area (Å²) in [6, 6.07) is 14.2. The van der Waals surface area contributed by atoms with Crippen molar-refractivity contribution in [3.8, 4) is 5.75 Å². The number of aromatic hydroxyl groups is 1. The molecule has 22 heavy (non-hydrogen) atoms. The highest BCUT2D eigenvalue weighted by Crippen LogP contribution is 2.36. The molecule has 0 amide bonds. The summed E-state index contributed by atoms with van der Waals surface area (Å²) >= 11 is 3.59. The van der Waals surface area contributed by atoms with Gasteiger partial charge in [-0.3, -0.25) is 0 Å². The number of phenolic OH excluding ortho intramolecular Hbond substituents is 1. The first kappa shape index (κ1) is 15.4. The Hall–Kier alpha value is -1.54. The van der Waals surface area contributed by atoms with Crippen LogP contribution in [-0.2, 0) is 0 Å². The number of halogens is 1. The van der Waals surface area contributed by atoms with Gasteiger partial charge in [-0.15, -0.1) is 0 Å². The van der Waals surface area contributed by atoms with Crippen LogP contribution < -0.4 is 0 Å². The van der Waals surface area contributed by atoms with Crippen LogP contribution >= 0.6 is 15.9 Å². The first-order valence-corrected chi connectivity index (χ1v) is 8.72. The lowest BCUT2D eigenvalue weighted by molar-refractivity contribution is 0.475. The molecular weight excluding hydrogens is 336 g/mol. The van der Waals surface area contributed by atoms with E-state index < -0.39 is 0 Å². The van der Waals surface area contributed by atoms with E-state index in [1.54, 1.807) is 6.07 Å². The second-order valence-electron chi connectivity index (χ2n) is 6.05. The Morgan fingerprint density at radius 3 is 2.36 bits per heavy atom. The van der Waals surface area contributed by atoms with Crippen LogP contribution in [0.4, 0.5) is 0 Å². The lowest BCUT2D eigenvalue weighted by Gasteiger charge is -2.21. The minimum Gasteiger partial charge on any atom is -0.508 e. The van der Waals surface area contributed by atoms with Crippen molar-refractivity contribution >= 4 is 21.5 Å². The highest BCUT2D eigenvalue weighted by Gasteiger charge is 2.15. The smallest absolute Gasteiger partial charge is 0.116 e. The van der Waals surface area contributed by atoms with Gasteiger partial charge in [0, 0.05) is 4.47 Å². The standard InChI is InChI=1S/C20H21BrO/c1-14-12-17(10-11-19(14)21)20(15-6-3-2-4-7-15)16-8-5-9-18(22)13-16/h5,8-13,22H,2-4,6-7H2,1H3. The van der Waals surface area contributed by atoms with Gasteiger partial charge in [-0.25, -0.2) is 0 Å². The van der Waals surface area contributed by atoms with Gasteiger partial charge < -0.3 is 5.11 Å². The van der Waals surface area contributed by atoms with Crippen LogP contribution in [0.5, 0.6) is 5.75 Å². The second-order valence-corrected chi connectivity index (χ2v) is 6.91. The van der Waals surface area contributed by atoms with Crippen LogP contribution in [-0.4, -0.2) is 5.11 Å². The SMILES string of the molecule is Cc1cc(C(=C2CCCCC2)c2cccc(O)c2)ccc1Br. The molecule has 2 aromatic rings. The van der Waals surface area contributed by atoms with Crippen molar-refractivity contribution < 1.29 is 5.11 Å². The van der Waals surface area contributed by atoms with Gasteiger partial charge >= 0.3 is 0 Å². The maximum absolute atomic E-state index is 9.88. The van der Waals surface area contributed by atoms with E-state index in [1.165, 1.54) is 54.4 Å². The maximum Gasteiger partial charge on any atom is 0.116 e. The van der Waals surface area contributed by atoms with Crippen molar-refractivity contribution in [3.63, 3.8) is 0 Å². The lowest BCUT2D eigenvalue weighted by atomic mass is 9.84. The van der Waals surface area contributed by atoms with E-state index in [4.69, 9.17) is 0 Å². The third-order valence-electron chi connectivity index (χ3n) is 4.39. The molecule has 1 nitrogen and oxygen atoms in total. The summed E-state index contributed by atoms with van der Waals surface area (Å²) in [4.78, 5) is 0. The molecule has 0 radical (unpaired) electrons. The number of benzene rings is 2. The minimum absolute atomic E-state index is 0.334. The third kappa shape index (κ3) is 3.27. The van der Waals surface area contributed by atoms with Crippen molar-refractivity contribution in [3.05, 3.63) is 69.2 Å². The molecule has 0 atom stereocenters. The van der Waals surface area contributed by atoms with Gasteiger partial charge in [0.2, 0.25) is 0 Å². The molecule has 1 fully saturated rings. The fourth-order valence-corrected chi connectivity index (χ4v) is 3.51. The fraction of sp³-hybridized carbons (Fsp3) is 0.300. The van der Waals surface area contributed by atoms with E-state index in [-0.39, 0.29) is 0 Å². The van der Waals surface area contributed by atoms with Gasteiger partial charge in [0.05, 0.1) is 0 Å². The highest BCUT2D eigenvalue weighted by atomic mass is 79.9. The fourth-order valence-electron chi connectivity index (χ4n) is 3.27. The van der Waals surface area contributed by atoms with Crippen molar-refractivity contribution in [1.82, 2.24) is 0 Å². The zero-order valence-electron chi connectivity index (χ0n) is 12.9. The Bertz CT molecular complexity index is 707. The van der Waals surface area contributed by atoms with Crippen molar-refractivity contribution in [2.75, 3.05) is 0 Å². The molecule has 0 saturated heterocycles. The van der Waals surface area contributed by atoms with E-state index in [0.717, 1.165) is 10.0 Å². The van der Waals surface area contributed by atoms with Crippen LogP contribution in [0, 0.1) is 6.92 Å². The summed E-state index contributed by atoms with van der Waals surface area (Å²) in [7, 11) is 0. The molecule has 114 valence electrons. The number of allylic oxidation sites excluding steroid dienone is 1. The molecular formula is C20H21BrO. The average molecular weight is 357 g/mol. The van der Waals surface area contributed by atoms with Crippen LogP contribution in [0.3, 0.4) is 0 Å². The molecule has 1 N–H and O–H groups in total. The van der Waals surface area contributed by atoms with Gasteiger partial charge in [-0.05, 0) is 73.1 Å². The van der Waals surface area contributed by atoms with Crippen molar-refractivity contribution in [2.45, 2.75) is 39.0 Å². The summed E-state index contributed by atoms with van der Waals surface area (Å²) in [6.45, 7) is 2.12. The third-order valence-corrected chi connectivity index (χ3v) is 5.28. The van der Waals surface area contributed by atoms with Gasteiger partial charge in [0.15, 0.2) is 0 Å². The molecule has 1 saturated carbocycles. The van der Waals surface area contributed by atoms with Crippen molar-refractivity contribution in [2.24, 2.45) is 0 Å². The second kappa shape index (κ2) is 6.70. The normalized spacial score (nSPS) is 14.9. The highest BCUT2D eigenvalue weighted by molar-refractivity contribution is 9.10. The number of aryl methyl sites for hydroxylation is 1. The molecule has 0 bridgehead atoms. The van der Waals surface area contributed by atoms with Gasteiger partial charge in [-0.2, -0.15) is 0 Å². The number of phenols is 1. The maximum atomic E-state index is 9.88. The Morgan fingerprint density at radius 1 is 0.955 bits per heavy atom. The molecule has 1 aliphatic carbocycles. The molecule has 1 aliphatic rings. The summed E-state index contributed by atoms with van der Waals surface area (Å²) in [5, 5.41) is 9.88. The Kier molecular flexibility index (Phi) is 4.68. The molecule has 0 aromatic heterocycles. The zero-order chi connectivity index (χ0) is 15.5. The summed E-state index contributed by atoms with van der Waals surface area (Å²) in [6.07, 6.45) is 6.21. The first-order chi connectivity index (χ1) is 10.6. The van der Waals surface area contributed by atoms with E-state index in [1.807, 2.05) is 12.1 Å². The quantitative estimate of drug-likeness (QED) is 0.676. The average Bonchev–Trinajstić information content (AvgIpc) is 2.52. The molecule has 0 heterocycles. The first-order valence-electron chi connectivity index (χ1n) is 7.93. The number of rotatable bonds is 2. The van der Waals surface area contributed by atoms with E-state index in [9.17, 15) is 5.11 Å². The van der Waals surface area contributed by atoms with Gasteiger partial charge in [0.1, 0.15) is 5.75 Å². The minimum atomic E-state index is 0.334. The number of hydrogen-bond donors (Lipinski definition) is 1. The monoisotopic (exact) mass is 356 g/mol. The number of hydrogen-bond acceptors (Lipinski definition) is 1. The van der Waals surface area contributed by atoms with E-state index >= 15 is 0 Å². The van der Waals surface area contributed by atoms with Gasteiger partial charge in [-0.1, -0.05) is 52.2 Å². The molecule has 3 rings (SSSR count). The predicted molar refractivity (Wildman–Crippen MR) is 96.1 cm³/mol. The topological polar surface area (TPSA) is 20.2 Å². The van der Waals surface area contributed by atoms with E-state index in [2.05, 4.69) is 47.1 Å². The lowest BCUT2D eigenvalue weighted by Crippen LogP contribution is -2.00. The Balaban J connectivity index is 2.16. The summed E-state index contributed by atoms with van der Waals surface area (Å²) < 4.78 is 1.14. The van der Waals surface area contributed by atoms with Crippen LogP contribution in [0.25, 0.3) is 5.57 Å². The summed E-state index contributed by atoms with van der Waals surface area (Å²) in [5.41, 5.74) is 6.46. The molecule has 0 aliphatic heterocycles. The van der Waals surface area contributed by atoms with Crippen LogP contribution in [0.15, 0.2) is 52.5 Å². The largest absolute Gasteiger partial charge is 0.508 e. The zero-order valence-corrected chi connectivity index (χ0v) is 14.5. The Labute approximate surface area is 140 Å². The van der Waals surface area contributed by atoms with Crippen LogP contribution in [0.2, 0.25) is 0 Å². The van der Waals surface area contributed by atoms with Crippen LogP contribution in [0.1, 0.15) is 48.8 Å². The Morgan fingerprint density at radius 2 is 1.68 bits per heavy atom. The molecule has 2 aromatic carbocycles. The van der Waals surface area contributed by atoms with E-state index in [0.29, 0.717) is 5.75 Å². The molecule has 0 spiro atoms.